The Hall–Kier alpha value is -2.28. The summed E-state index contributed by atoms with van der Waals surface area (Å²) in [6.45, 7) is 2.77. The molecule has 0 atom stereocenters. The fourth-order valence-corrected chi connectivity index (χ4v) is 3.64. The number of sulfonamides is 1. The molecule has 1 aromatic carbocycles. The first kappa shape index (κ1) is 20.0. The van der Waals surface area contributed by atoms with E-state index in [1.54, 1.807) is 12.3 Å². The second-order valence-corrected chi connectivity index (χ2v) is 8.22. The predicted molar refractivity (Wildman–Crippen MR) is 103 cm³/mol. The zero-order chi connectivity index (χ0) is 19.0. The molecule has 0 saturated carbocycles. The normalized spacial score (nSPS) is 11.3. The van der Waals surface area contributed by atoms with Gasteiger partial charge in [-0.2, -0.15) is 0 Å². The molecule has 6 nitrogen and oxygen atoms in total. The topological polar surface area (TPSA) is 79.6 Å². The van der Waals surface area contributed by atoms with Gasteiger partial charge in [0.05, 0.1) is 18.2 Å². The van der Waals surface area contributed by atoms with E-state index in [0.717, 1.165) is 24.2 Å². The Morgan fingerprint density at radius 3 is 2.65 bits per heavy atom. The number of hydrogen-bond acceptors (Lipinski definition) is 4. The van der Waals surface area contributed by atoms with E-state index >= 15 is 0 Å². The van der Waals surface area contributed by atoms with Crippen molar-refractivity contribution in [1.29, 1.82) is 0 Å². The lowest BCUT2D eigenvalue weighted by atomic mass is 10.2. The molecular formula is C19H26N2O4S. The highest BCUT2D eigenvalue weighted by atomic mass is 32.2. The number of rotatable bonds is 10. The second-order valence-electron chi connectivity index (χ2n) is 6.31. The lowest BCUT2D eigenvalue weighted by molar-refractivity contribution is -0.121. The maximum absolute atomic E-state index is 12.1. The highest BCUT2D eigenvalue weighted by molar-refractivity contribution is 7.92. The number of hydrogen-bond donors (Lipinski definition) is 1. The summed E-state index contributed by atoms with van der Waals surface area (Å²) in [5.41, 5.74) is 1.62. The average Bonchev–Trinajstić information content (AvgIpc) is 3.08. The van der Waals surface area contributed by atoms with Gasteiger partial charge in [-0.25, -0.2) is 8.42 Å². The number of nitrogens with zero attached hydrogens (tertiary/aromatic N) is 1. The Labute approximate surface area is 155 Å². The standard InChI is InChI=1S/C19H26N2O4S/c1-16-7-3-8-17(15-16)21(26(2,23)24)13-5-11-19(22)20-12-4-9-18-10-6-14-25-18/h3,6-8,10,14-15H,4-5,9,11-13H2,1-2H3,(H,20,22). The molecule has 0 radical (unpaired) electrons. The van der Waals surface area contributed by atoms with Gasteiger partial charge < -0.3 is 9.73 Å². The van der Waals surface area contributed by atoms with Crippen LogP contribution in [0.4, 0.5) is 5.69 Å². The van der Waals surface area contributed by atoms with E-state index < -0.39 is 10.0 Å². The smallest absolute Gasteiger partial charge is 0.232 e. The third-order valence-electron chi connectivity index (χ3n) is 3.96. The average molecular weight is 378 g/mol. The molecule has 26 heavy (non-hydrogen) atoms. The van der Waals surface area contributed by atoms with Crippen LogP contribution in [0.3, 0.4) is 0 Å². The van der Waals surface area contributed by atoms with E-state index in [4.69, 9.17) is 4.42 Å². The lowest BCUT2D eigenvalue weighted by Gasteiger charge is -2.22. The van der Waals surface area contributed by atoms with E-state index in [9.17, 15) is 13.2 Å². The van der Waals surface area contributed by atoms with Gasteiger partial charge in [0.2, 0.25) is 15.9 Å². The molecule has 1 aromatic heterocycles. The third kappa shape index (κ3) is 6.55. The molecule has 0 aliphatic carbocycles. The predicted octanol–water partition coefficient (Wildman–Crippen LogP) is 2.88. The van der Waals surface area contributed by atoms with Crippen LogP contribution in [0.25, 0.3) is 0 Å². The summed E-state index contributed by atoms with van der Waals surface area (Å²) in [4.78, 5) is 11.9. The largest absolute Gasteiger partial charge is 0.469 e. The molecule has 0 unspecified atom stereocenters. The number of anilines is 1. The molecule has 142 valence electrons. The monoisotopic (exact) mass is 378 g/mol. The summed E-state index contributed by atoms with van der Waals surface area (Å²) < 4.78 is 30.7. The Kier molecular flexibility index (Phi) is 7.26. The van der Waals surface area contributed by atoms with Gasteiger partial charge in [-0.05, 0) is 49.6 Å². The van der Waals surface area contributed by atoms with Gasteiger partial charge in [0.15, 0.2) is 0 Å². The van der Waals surface area contributed by atoms with Crippen LogP contribution >= 0.6 is 0 Å². The van der Waals surface area contributed by atoms with Crippen LogP contribution in [0.5, 0.6) is 0 Å². The van der Waals surface area contributed by atoms with Crippen LogP contribution in [0.1, 0.15) is 30.6 Å². The minimum Gasteiger partial charge on any atom is -0.469 e. The molecule has 0 aliphatic heterocycles. The van der Waals surface area contributed by atoms with E-state index in [1.807, 2.05) is 37.3 Å². The highest BCUT2D eigenvalue weighted by Gasteiger charge is 2.17. The van der Waals surface area contributed by atoms with Crippen LogP contribution in [0.2, 0.25) is 0 Å². The van der Waals surface area contributed by atoms with Gasteiger partial charge in [-0.3, -0.25) is 9.10 Å². The zero-order valence-electron chi connectivity index (χ0n) is 15.3. The van der Waals surface area contributed by atoms with Crippen molar-refractivity contribution in [3.63, 3.8) is 0 Å². The third-order valence-corrected chi connectivity index (χ3v) is 5.15. The fraction of sp³-hybridized carbons (Fsp3) is 0.421. The molecule has 1 amide bonds. The van der Waals surface area contributed by atoms with Crippen molar-refractivity contribution in [3.05, 3.63) is 54.0 Å². The Morgan fingerprint density at radius 1 is 1.19 bits per heavy atom. The summed E-state index contributed by atoms with van der Waals surface area (Å²) in [7, 11) is -3.39. The van der Waals surface area contributed by atoms with Crippen LogP contribution in [0.15, 0.2) is 47.1 Å². The van der Waals surface area contributed by atoms with Gasteiger partial charge >= 0.3 is 0 Å². The first-order valence-corrected chi connectivity index (χ1v) is 10.5. The molecule has 0 fully saturated rings. The molecule has 0 aliphatic rings. The van der Waals surface area contributed by atoms with Gasteiger partial charge in [0.25, 0.3) is 0 Å². The van der Waals surface area contributed by atoms with Crippen LogP contribution in [-0.4, -0.2) is 33.7 Å². The molecule has 0 saturated heterocycles. The van der Waals surface area contributed by atoms with E-state index in [1.165, 1.54) is 10.6 Å². The maximum atomic E-state index is 12.1. The fourth-order valence-electron chi connectivity index (χ4n) is 2.69. The number of amides is 1. The zero-order valence-corrected chi connectivity index (χ0v) is 16.1. The van der Waals surface area contributed by atoms with Gasteiger partial charge in [0, 0.05) is 25.9 Å². The van der Waals surface area contributed by atoms with Crippen molar-refractivity contribution in [1.82, 2.24) is 5.32 Å². The number of furan rings is 1. The summed E-state index contributed by atoms with van der Waals surface area (Å²) in [5, 5.41) is 2.86. The van der Waals surface area contributed by atoms with Crippen molar-refractivity contribution < 1.29 is 17.6 Å². The van der Waals surface area contributed by atoms with Crippen molar-refractivity contribution in [2.45, 2.75) is 32.6 Å². The molecule has 1 N–H and O–H groups in total. The SMILES string of the molecule is Cc1cccc(N(CCCC(=O)NCCCc2ccco2)S(C)(=O)=O)c1. The van der Waals surface area contributed by atoms with Gasteiger partial charge in [0.1, 0.15) is 5.76 Å². The molecule has 1 heterocycles. The van der Waals surface area contributed by atoms with Crippen LogP contribution in [-0.2, 0) is 21.2 Å². The van der Waals surface area contributed by atoms with Gasteiger partial charge in [-0.1, -0.05) is 12.1 Å². The maximum Gasteiger partial charge on any atom is 0.232 e. The van der Waals surface area contributed by atoms with Crippen molar-refractivity contribution >= 4 is 21.6 Å². The molecule has 0 bridgehead atoms. The number of aryl methyl sites for hydroxylation is 2. The Morgan fingerprint density at radius 2 is 2.00 bits per heavy atom. The second kappa shape index (κ2) is 9.43. The molecular weight excluding hydrogens is 352 g/mol. The van der Waals surface area contributed by atoms with Crippen molar-refractivity contribution in [3.8, 4) is 0 Å². The Bertz CT molecular complexity index is 801. The number of nitrogens with one attached hydrogen (secondary N) is 1. The first-order valence-electron chi connectivity index (χ1n) is 8.70. The lowest BCUT2D eigenvalue weighted by Crippen LogP contribution is -2.32. The highest BCUT2D eigenvalue weighted by Crippen LogP contribution is 2.19. The van der Waals surface area contributed by atoms with Crippen LogP contribution < -0.4 is 9.62 Å². The molecule has 7 heteroatoms. The van der Waals surface area contributed by atoms with Crippen molar-refractivity contribution in [2.24, 2.45) is 0 Å². The summed E-state index contributed by atoms with van der Waals surface area (Å²) in [6.07, 6.45) is 5.16. The molecule has 2 rings (SSSR count). The number of carbonyl (C=O) groups excluding carboxylic acids is 1. The minimum atomic E-state index is -3.39. The van der Waals surface area contributed by atoms with Gasteiger partial charge in [-0.15, -0.1) is 0 Å². The number of benzene rings is 1. The number of carbonyl (C=O) groups is 1. The summed E-state index contributed by atoms with van der Waals surface area (Å²) >= 11 is 0. The van der Waals surface area contributed by atoms with E-state index in [2.05, 4.69) is 5.32 Å². The van der Waals surface area contributed by atoms with Crippen LogP contribution in [0, 0.1) is 6.92 Å². The summed E-state index contributed by atoms with van der Waals surface area (Å²) in [6, 6.07) is 11.1. The van der Waals surface area contributed by atoms with E-state index in [0.29, 0.717) is 25.1 Å². The summed E-state index contributed by atoms with van der Waals surface area (Å²) in [5.74, 6) is 0.836. The van der Waals surface area contributed by atoms with Crippen molar-refractivity contribution in [2.75, 3.05) is 23.7 Å². The molecule has 0 spiro atoms. The first-order chi connectivity index (χ1) is 12.4. The quantitative estimate of drug-likeness (QED) is 0.645. The molecule has 2 aromatic rings. The van der Waals surface area contributed by atoms with E-state index in [-0.39, 0.29) is 12.5 Å². The minimum absolute atomic E-state index is 0.0675. The Balaban J connectivity index is 1.75.